The second-order valence-corrected chi connectivity index (χ2v) is 10.1. The molecule has 8 heteroatoms. The lowest BCUT2D eigenvalue weighted by Crippen LogP contribution is -2.41. The van der Waals surface area contributed by atoms with Crippen LogP contribution < -0.4 is 14.4 Å². The molecule has 3 aromatic carbocycles. The van der Waals surface area contributed by atoms with E-state index in [4.69, 9.17) is 4.74 Å². The van der Waals surface area contributed by atoms with Crippen molar-refractivity contribution in [3.05, 3.63) is 84.4 Å². The first-order valence-corrected chi connectivity index (χ1v) is 13.3. The van der Waals surface area contributed by atoms with Crippen molar-refractivity contribution < 1.29 is 17.9 Å². The maximum absolute atomic E-state index is 13.5. The summed E-state index contributed by atoms with van der Waals surface area (Å²) in [5, 5.41) is 2.90. The van der Waals surface area contributed by atoms with Crippen LogP contribution in [-0.4, -0.2) is 33.7 Å². The highest BCUT2D eigenvalue weighted by Gasteiger charge is 2.28. The minimum absolute atomic E-state index is 0.123. The molecule has 0 spiro atoms. The van der Waals surface area contributed by atoms with Crippen LogP contribution in [0.15, 0.2) is 88.7 Å². The van der Waals surface area contributed by atoms with Crippen LogP contribution in [0, 0.1) is 0 Å². The molecule has 0 radical (unpaired) electrons. The van der Waals surface area contributed by atoms with Crippen molar-refractivity contribution >= 4 is 33.4 Å². The molecule has 0 aromatic heterocycles. The molecule has 0 heterocycles. The van der Waals surface area contributed by atoms with E-state index >= 15 is 0 Å². The number of sulfonamides is 1. The smallest absolute Gasteiger partial charge is 0.264 e. The van der Waals surface area contributed by atoms with Crippen molar-refractivity contribution in [1.29, 1.82) is 0 Å². The van der Waals surface area contributed by atoms with Crippen LogP contribution in [-0.2, 0) is 14.8 Å². The molecular formula is C25H28N2O4S2. The third-order valence-electron chi connectivity index (χ3n) is 5.05. The van der Waals surface area contributed by atoms with Gasteiger partial charge in [0.2, 0.25) is 5.91 Å². The van der Waals surface area contributed by atoms with E-state index in [0.29, 0.717) is 18.0 Å². The van der Waals surface area contributed by atoms with E-state index in [2.05, 4.69) is 5.32 Å². The molecule has 0 saturated heterocycles. The second kappa shape index (κ2) is 11.2. The number of nitrogens with zero attached hydrogens (tertiary/aromatic N) is 1. The Morgan fingerprint density at radius 3 is 2.21 bits per heavy atom. The minimum atomic E-state index is -3.98. The van der Waals surface area contributed by atoms with Gasteiger partial charge in [0.25, 0.3) is 10.0 Å². The van der Waals surface area contributed by atoms with Crippen LogP contribution >= 0.6 is 11.8 Å². The van der Waals surface area contributed by atoms with Crippen molar-refractivity contribution in [1.82, 2.24) is 5.32 Å². The van der Waals surface area contributed by atoms with Gasteiger partial charge in [0.1, 0.15) is 12.3 Å². The first-order chi connectivity index (χ1) is 15.8. The predicted molar refractivity (Wildman–Crippen MR) is 133 cm³/mol. The molecule has 3 aromatic rings. The molecule has 6 nitrogen and oxygen atoms in total. The molecule has 174 valence electrons. The molecule has 0 saturated carbocycles. The summed E-state index contributed by atoms with van der Waals surface area (Å²) in [4.78, 5) is 14.0. The van der Waals surface area contributed by atoms with Crippen LogP contribution in [0.1, 0.15) is 25.5 Å². The largest absolute Gasteiger partial charge is 0.494 e. The first-order valence-electron chi connectivity index (χ1n) is 10.6. The van der Waals surface area contributed by atoms with Gasteiger partial charge in [-0.3, -0.25) is 9.10 Å². The molecule has 0 aliphatic heterocycles. The fourth-order valence-electron chi connectivity index (χ4n) is 3.31. The number of hydrogen-bond acceptors (Lipinski definition) is 5. The highest BCUT2D eigenvalue weighted by molar-refractivity contribution is 7.98. The summed E-state index contributed by atoms with van der Waals surface area (Å²) < 4.78 is 33.7. The maximum atomic E-state index is 13.5. The van der Waals surface area contributed by atoms with E-state index in [-0.39, 0.29) is 17.5 Å². The third kappa shape index (κ3) is 6.30. The standard InChI is InChI=1S/C25H28N2O4S2/c1-4-31-22-12-10-21(11-13-22)27(33(29,30)24-16-14-23(32-3)15-17-24)18-25(28)26-19(2)20-8-6-5-7-9-20/h5-17,19H,4,18H2,1-3H3,(H,26,28)/t19-/m0/s1. The van der Waals surface area contributed by atoms with Crippen molar-refractivity contribution in [3.8, 4) is 5.75 Å². The number of amides is 1. The van der Waals surface area contributed by atoms with E-state index < -0.39 is 15.9 Å². The van der Waals surface area contributed by atoms with Crippen LogP contribution in [0.3, 0.4) is 0 Å². The van der Waals surface area contributed by atoms with Gasteiger partial charge in [-0.15, -0.1) is 11.8 Å². The van der Waals surface area contributed by atoms with Gasteiger partial charge in [0.15, 0.2) is 0 Å². The van der Waals surface area contributed by atoms with E-state index in [0.717, 1.165) is 14.8 Å². The number of ether oxygens (including phenoxy) is 1. The summed E-state index contributed by atoms with van der Waals surface area (Å²) in [5.74, 6) is 0.231. The van der Waals surface area contributed by atoms with Crippen molar-refractivity contribution in [2.45, 2.75) is 29.7 Å². The number of nitrogens with one attached hydrogen (secondary N) is 1. The number of carbonyl (C=O) groups excluding carboxylic acids is 1. The lowest BCUT2D eigenvalue weighted by atomic mass is 10.1. The number of thioether (sulfide) groups is 1. The highest BCUT2D eigenvalue weighted by atomic mass is 32.2. The van der Waals surface area contributed by atoms with Gasteiger partial charge < -0.3 is 10.1 Å². The summed E-state index contributed by atoms with van der Waals surface area (Å²) in [6.07, 6.45) is 1.92. The Balaban J connectivity index is 1.89. The van der Waals surface area contributed by atoms with Crippen LogP contribution in [0.5, 0.6) is 5.75 Å². The van der Waals surface area contributed by atoms with Gasteiger partial charge in [0, 0.05) is 4.90 Å². The second-order valence-electron chi connectivity index (χ2n) is 7.31. The van der Waals surface area contributed by atoms with Gasteiger partial charge in [-0.05, 0) is 74.2 Å². The summed E-state index contributed by atoms with van der Waals surface area (Å²) in [6, 6.07) is 22.6. The van der Waals surface area contributed by atoms with E-state index in [1.54, 1.807) is 48.5 Å². The van der Waals surface area contributed by atoms with Gasteiger partial charge in [-0.2, -0.15) is 0 Å². The number of hydrogen-bond donors (Lipinski definition) is 1. The average molecular weight is 485 g/mol. The topological polar surface area (TPSA) is 75.7 Å². The molecular weight excluding hydrogens is 456 g/mol. The zero-order chi connectivity index (χ0) is 23.8. The first kappa shape index (κ1) is 24.7. The van der Waals surface area contributed by atoms with Gasteiger partial charge in [-0.25, -0.2) is 8.42 Å². The van der Waals surface area contributed by atoms with E-state index in [1.807, 2.05) is 50.4 Å². The normalized spacial score (nSPS) is 12.1. The van der Waals surface area contributed by atoms with Crippen LogP contribution in [0.4, 0.5) is 5.69 Å². The zero-order valence-electron chi connectivity index (χ0n) is 18.9. The molecule has 0 aliphatic carbocycles. The minimum Gasteiger partial charge on any atom is -0.494 e. The van der Waals surface area contributed by atoms with Crippen molar-refractivity contribution in [3.63, 3.8) is 0 Å². The third-order valence-corrected chi connectivity index (χ3v) is 7.58. The summed E-state index contributed by atoms with van der Waals surface area (Å²) in [5.41, 5.74) is 1.32. The summed E-state index contributed by atoms with van der Waals surface area (Å²) in [7, 11) is -3.98. The summed E-state index contributed by atoms with van der Waals surface area (Å²) >= 11 is 1.53. The molecule has 0 fully saturated rings. The van der Waals surface area contributed by atoms with Crippen molar-refractivity contribution in [2.24, 2.45) is 0 Å². The quantitative estimate of drug-likeness (QED) is 0.415. The molecule has 33 heavy (non-hydrogen) atoms. The molecule has 0 unspecified atom stereocenters. The number of rotatable bonds is 10. The van der Waals surface area contributed by atoms with Crippen LogP contribution in [0.25, 0.3) is 0 Å². The molecule has 0 aliphatic rings. The maximum Gasteiger partial charge on any atom is 0.264 e. The zero-order valence-corrected chi connectivity index (χ0v) is 20.5. The van der Waals surface area contributed by atoms with E-state index in [9.17, 15) is 13.2 Å². The Kier molecular flexibility index (Phi) is 8.41. The Hall–Kier alpha value is -2.97. The van der Waals surface area contributed by atoms with Crippen molar-refractivity contribution in [2.75, 3.05) is 23.7 Å². The lowest BCUT2D eigenvalue weighted by molar-refractivity contribution is -0.120. The average Bonchev–Trinajstić information content (AvgIpc) is 2.84. The Morgan fingerprint density at radius 2 is 1.64 bits per heavy atom. The fourth-order valence-corrected chi connectivity index (χ4v) is 5.14. The fraction of sp³-hybridized carbons (Fsp3) is 0.240. The molecule has 1 N–H and O–H groups in total. The molecule has 3 rings (SSSR count). The van der Waals surface area contributed by atoms with Crippen LogP contribution in [0.2, 0.25) is 0 Å². The monoisotopic (exact) mass is 484 g/mol. The molecule has 1 amide bonds. The number of benzene rings is 3. The molecule has 1 atom stereocenters. The van der Waals surface area contributed by atoms with Gasteiger partial charge in [0.05, 0.1) is 23.2 Å². The number of anilines is 1. The Labute approximate surface area is 200 Å². The Bertz CT molecular complexity index is 1150. The van der Waals surface area contributed by atoms with E-state index in [1.165, 1.54) is 11.8 Å². The SMILES string of the molecule is CCOc1ccc(N(CC(=O)N[C@@H](C)c2ccccc2)S(=O)(=O)c2ccc(SC)cc2)cc1. The van der Waals surface area contributed by atoms with Gasteiger partial charge >= 0.3 is 0 Å². The number of carbonyl (C=O) groups is 1. The highest BCUT2D eigenvalue weighted by Crippen LogP contribution is 2.27. The van der Waals surface area contributed by atoms with Gasteiger partial charge in [-0.1, -0.05) is 30.3 Å². The Morgan fingerprint density at radius 1 is 1.00 bits per heavy atom. The molecule has 0 bridgehead atoms. The lowest BCUT2D eigenvalue weighted by Gasteiger charge is -2.25. The predicted octanol–water partition coefficient (Wildman–Crippen LogP) is 4.88. The summed E-state index contributed by atoms with van der Waals surface area (Å²) in [6.45, 7) is 3.89.